The van der Waals surface area contributed by atoms with Crippen molar-refractivity contribution in [3.8, 4) is 17.2 Å². The molecule has 8 nitrogen and oxygen atoms in total. The van der Waals surface area contributed by atoms with E-state index in [9.17, 15) is 14.9 Å². The first-order valence-electron chi connectivity index (χ1n) is 7.34. The fourth-order valence-corrected chi connectivity index (χ4v) is 2.19. The zero-order valence-electron chi connectivity index (χ0n) is 14.1. The van der Waals surface area contributed by atoms with Gasteiger partial charge in [0.2, 0.25) is 5.75 Å². The molecule has 1 N–H and O–H groups in total. The van der Waals surface area contributed by atoms with Gasteiger partial charge in [-0.15, -0.1) is 0 Å². The summed E-state index contributed by atoms with van der Waals surface area (Å²) in [6.07, 6.45) is 0. The van der Waals surface area contributed by atoms with Gasteiger partial charge in [-0.05, 0) is 30.7 Å². The zero-order valence-corrected chi connectivity index (χ0v) is 14.1. The number of nitrogens with one attached hydrogen (secondary N) is 1. The van der Waals surface area contributed by atoms with Crippen molar-refractivity contribution in [3.63, 3.8) is 0 Å². The summed E-state index contributed by atoms with van der Waals surface area (Å²) in [6.45, 7) is 1.57. The first-order chi connectivity index (χ1) is 11.9. The average Bonchev–Trinajstić information content (AvgIpc) is 2.59. The van der Waals surface area contributed by atoms with Gasteiger partial charge in [0, 0.05) is 17.8 Å². The highest BCUT2D eigenvalue weighted by molar-refractivity contribution is 5.92. The lowest BCUT2D eigenvalue weighted by atomic mass is 10.2. The van der Waals surface area contributed by atoms with Crippen molar-refractivity contribution >= 4 is 17.3 Å². The Balaban J connectivity index is 2.08. The van der Waals surface area contributed by atoms with Crippen molar-refractivity contribution in [3.05, 3.63) is 52.1 Å². The molecule has 2 rings (SSSR count). The Morgan fingerprint density at radius 1 is 1.16 bits per heavy atom. The van der Waals surface area contributed by atoms with E-state index in [0.717, 1.165) is 5.56 Å². The molecule has 0 bridgehead atoms. The monoisotopic (exact) mass is 346 g/mol. The maximum atomic E-state index is 12.0. The van der Waals surface area contributed by atoms with Gasteiger partial charge in [0.25, 0.3) is 11.6 Å². The number of carbonyl (C=O) groups is 1. The summed E-state index contributed by atoms with van der Waals surface area (Å²) in [7, 11) is 2.98. The third kappa shape index (κ3) is 4.60. The number of hydrogen-bond donors (Lipinski definition) is 1. The maximum Gasteiger partial charge on any atom is 0.271 e. The molecule has 132 valence electrons. The smallest absolute Gasteiger partial charge is 0.271 e. The molecule has 25 heavy (non-hydrogen) atoms. The molecule has 0 saturated carbocycles. The molecular formula is C17H18N2O6. The van der Waals surface area contributed by atoms with Gasteiger partial charge in [-0.25, -0.2) is 0 Å². The molecule has 0 aliphatic heterocycles. The second-order valence-corrected chi connectivity index (χ2v) is 5.14. The fourth-order valence-electron chi connectivity index (χ4n) is 2.19. The quantitative estimate of drug-likeness (QED) is 0.611. The summed E-state index contributed by atoms with van der Waals surface area (Å²) in [4.78, 5) is 22.3. The number of anilines is 1. The number of methoxy groups -OCH3 is 2. The molecule has 0 atom stereocenters. The molecular weight excluding hydrogens is 328 g/mol. The molecule has 2 aromatic rings. The summed E-state index contributed by atoms with van der Waals surface area (Å²) >= 11 is 0. The average molecular weight is 346 g/mol. The summed E-state index contributed by atoms with van der Waals surface area (Å²) in [5, 5.41) is 13.3. The molecule has 8 heteroatoms. The molecule has 0 fully saturated rings. The number of nitro groups is 1. The number of ether oxygens (including phenoxy) is 3. The van der Waals surface area contributed by atoms with E-state index in [1.807, 2.05) is 6.92 Å². The first kappa shape index (κ1) is 18.1. The maximum absolute atomic E-state index is 12.0. The molecule has 0 aliphatic rings. The van der Waals surface area contributed by atoms with Crippen molar-refractivity contribution in [2.24, 2.45) is 0 Å². The Bertz CT molecular complexity index is 765. The number of nitrogens with zero attached hydrogens (tertiary/aromatic N) is 1. The first-order valence-corrected chi connectivity index (χ1v) is 7.34. The van der Waals surface area contributed by atoms with Crippen LogP contribution in [0.25, 0.3) is 0 Å². The van der Waals surface area contributed by atoms with Gasteiger partial charge < -0.3 is 19.5 Å². The summed E-state index contributed by atoms with van der Waals surface area (Å²) in [6, 6.07) is 9.17. The number of nitro benzene ring substituents is 1. The van der Waals surface area contributed by atoms with Crippen molar-refractivity contribution < 1.29 is 23.9 Å². The van der Waals surface area contributed by atoms with Crippen LogP contribution in [0.3, 0.4) is 0 Å². The van der Waals surface area contributed by atoms with Crippen LogP contribution >= 0.6 is 0 Å². The lowest BCUT2D eigenvalue weighted by molar-refractivity contribution is -0.384. The van der Waals surface area contributed by atoms with Gasteiger partial charge in [0.05, 0.1) is 19.1 Å². The molecule has 0 aromatic heterocycles. The molecule has 0 aliphatic carbocycles. The second-order valence-electron chi connectivity index (χ2n) is 5.14. The van der Waals surface area contributed by atoms with Gasteiger partial charge in [-0.1, -0.05) is 6.07 Å². The van der Waals surface area contributed by atoms with Crippen LogP contribution < -0.4 is 19.5 Å². The van der Waals surface area contributed by atoms with Gasteiger partial charge >= 0.3 is 0 Å². The van der Waals surface area contributed by atoms with Crippen LogP contribution in [0.4, 0.5) is 11.4 Å². The number of hydrogen-bond acceptors (Lipinski definition) is 6. The minimum Gasteiger partial charge on any atom is -0.493 e. The molecule has 1 amide bonds. The number of carbonyl (C=O) groups excluding carboxylic acids is 1. The standard InChI is InChI=1S/C17H18N2O6/c1-11-7-14(23-2)17(15(8-11)24-3)25-10-16(20)18-12-5-4-6-13(9-12)19(21)22/h4-9H,10H2,1-3H3,(H,18,20). The minimum absolute atomic E-state index is 0.111. The van der Waals surface area contributed by atoms with Crippen LogP contribution in [-0.4, -0.2) is 31.7 Å². The third-order valence-electron chi connectivity index (χ3n) is 3.29. The Kier molecular flexibility index (Phi) is 5.78. The number of benzene rings is 2. The predicted octanol–water partition coefficient (Wildman–Crippen LogP) is 2.94. The van der Waals surface area contributed by atoms with Crippen LogP contribution in [0.2, 0.25) is 0 Å². The van der Waals surface area contributed by atoms with Gasteiger partial charge in [-0.2, -0.15) is 0 Å². The number of non-ortho nitro benzene ring substituents is 1. The van der Waals surface area contributed by atoms with Crippen LogP contribution in [0.1, 0.15) is 5.56 Å². The minimum atomic E-state index is -0.534. The van der Waals surface area contributed by atoms with Crippen LogP contribution in [-0.2, 0) is 4.79 Å². The topological polar surface area (TPSA) is 99.9 Å². The number of aryl methyl sites for hydroxylation is 1. The van der Waals surface area contributed by atoms with Crippen molar-refractivity contribution in [2.45, 2.75) is 6.92 Å². The third-order valence-corrected chi connectivity index (χ3v) is 3.29. The van der Waals surface area contributed by atoms with E-state index in [2.05, 4.69) is 5.32 Å². The molecule has 0 spiro atoms. The van der Waals surface area contributed by atoms with Crippen LogP contribution in [0.5, 0.6) is 17.2 Å². The highest BCUT2D eigenvalue weighted by Gasteiger charge is 2.15. The highest BCUT2D eigenvalue weighted by Crippen LogP contribution is 2.38. The van der Waals surface area contributed by atoms with E-state index in [4.69, 9.17) is 14.2 Å². The molecule has 0 saturated heterocycles. The fraction of sp³-hybridized carbons (Fsp3) is 0.235. The van der Waals surface area contributed by atoms with Crippen LogP contribution in [0.15, 0.2) is 36.4 Å². The summed E-state index contributed by atoms with van der Waals surface area (Å²) in [5.74, 6) is 0.731. The lowest BCUT2D eigenvalue weighted by Crippen LogP contribution is -2.20. The van der Waals surface area contributed by atoms with Gasteiger partial charge in [-0.3, -0.25) is 14.9 Å². The van der Waals surface area contributed by atoms with E-state index >= 15 is 0 Å². The van der Waals surface area contributed by atoms with Crippen molar-refractivity contribution in [2.75, 3.05) is 26.1 Å². The number of amides is 1. The molecule has 0 unspecified atom stereocenters. The van der Waals surface area contributed by atoms with E-state index < -0.39 is 10.8 Å². The van der Waals surface area contributed by atoms with E-state index in [0.29, 0.717) is 22.9 Å². The van der Waals surface area contributed by atoms with E-state index in [1.165, 1.54) is 32.4 Å². The Hall–Kier alpha value is -3.29. The van der Waals surface area contributed by atoms with E-state index in [-0.39, 0.29) is 12.3 Å². The zero-order chi connectivity index (χ0) is 18.4. The van der Waals surface area contributed by atoms with Crippen LogP contribution in [0, 0.1) is 17.0 Å². The molecule has 0 heterocycles. The van der Waals surface area contributed by atoms with E-state index in [1.54, 1.807) is 18.2 Å². The Morgan fingerprint density at radius 3 is 2.36 bits per heavy atom. The molecule has 2 aromatic carbocycles. The SMILES string of the molecule is COc1cc(C)cc(OC)c1OCC(=O)Nc1cccc([N+](=O)[O-])c1. The molecule has 0 radical (unpaired) electrons. The second kappa shape index (κ2) is 8.00. The van der Waals surface area contributed by atoms with Crippen molar-refractivity contribution in [1.29, 1.82) is 0 Å². The summed E-state index contributed by atoms with van der Waals surface area (Å²) < 4.78 is 16.0. The summed E-state index contributed by atoms with van der Waals surface area (Å²) in [5.41, 5.74) is 1.12. The number of rotatable bonds is 7. The van der Waals surface area contributed by atoms with Crippen molar-refractivity contribution in [1.82, 2.24) is 0 Å². The normalized spacial score (nSPS) is 10.0. The predicted molar refractivity (Wildman–Crippen MR) is 91.5 cm³/mol. The Morgan fingerprint density at radius 2 is 1.80 bits per heavy atom. The van der Waals surface area contributed by atoms with Gasteiger partial charge in [0.1, 0.15) is 0 Å². The largest absolute Gasteiger partial charge is 0.493 e. The lowest BCUT2D eigenvalue weighted by Gasteiger charge is -2.15. The van der Waals surface area contributed by atoms with Gasteiger partial charge in [0.15, 0.2) is 18.1 Å². The Labute approximate surface area is 144 Å². The highest BCUT2D eigenvalue weighted by atomic mass is 16.6.